The predicted molar refractivity (Wildman–Crippen MR) is 73.1 cm³/mol. The average molecular weight is 281 g/mol. The molecule has 0 spiro atoms. The summed E-state index contributed by atoms with van der Waals surface area (Å²) in [6, 6.07) is 0. The van der Waals surface area contributed by atoms with Crippen LogP contribution in [0.4, 0.5) is 0 Å². The summed E-state index contributed by atoms with van der Waals surface area (Å²) in [6.45, 7) is 8.74. The van der Waals surface area contributed by atoms with Gasteiger partial charge in [-0.2, -0.15) is 4.98 Å². The van der Waals surface area contributed by atoms with E-state index in [0.717, 1.165) is 19.3 Å². The highest BCUT2D eigenvalue weighted by Gasteiger charge is 2.36. The first kappa shape index (κ1) is 15.0. The van der Waals surface area contributed by atoms with Gasteiger partial charge in [-0.05, 0) is 26.2 Å². The van der Waals surface area contributed by atoms with Crippen LogP contribution in [0, 0.1) is 0 Å². The number of amides is 1. The van der Waals surface area contributed by atoms with Crippen LogP contribution in [-0.2, 0) is 21.5 Å². The molecule has 6 nitrogen and oxygen atoms in total. The summed E-state index contributed by atoms with van der Waals surface area (Å²) in [5.74, 6) is 0.942. The first-order chi connectivity index (χ1) is 9.31. The van der Waals surface area contributed by atoms with Gasteiger partial charge in [0.2, 0.25) is 5.89 Å². The molecule has 6 heteroatoms. The van der Waals surface area contributed by atoms with Crippen molar-refractivity contribution >= 4 is 5.91 Å². The molecule has 1 fully saturated rings. The summed E-state index contributed by atoms with van der Waals surface area (Å²) in [4.78, 5) is 16.5. The van der Waals surface area contributed by atoms with E-state index in [4.69, 9.17) is 9.26 Å². The van der Waals surface area contributed by atoms with Gasteiger partial charge in [0.15, 0.2) is 5.82 Å². The van der Waals surface area contributed by atoms with Crippen LogP contribution in [0.15, 0.2) is 4.52 Å². The van der Waals surface area contributed by atoms with E-state index in [-0.39, 0.29) is 17.9 Å². The van der Waals surface area contributed by atoms with Crippen LogP contribution in [0.3, 0.4) is 0 Å². The molecular formula is C14H23N3O3. The largest absolute Gasteiger partial charge is 0.365 e. The minimum atomic E-state index is -0.731. The normalized spacial score (nSPS) is 23.6. The van der Waals surface area contributed by atoms with Crippen LogP contribution in [0.5, 0.6) is 0 Å². The molecule has 20 heavy (non-hydrogen) atoms. The summed E-state index contributed by atoms with van der Waals surface area (Å²) in [5, 5.41) is 6.74. The van der Waals surface area contributed by atoms with E-state index in [2.05, 4.69) is 15.5 Å². The Hall–Kier alpha value is -1.43. The van der Waals surface area contributed by atoms with Gasteiger partial charge >= 0.3 is 0 Å². The van der Waals surface area contributed by atoms with E-state index in [9.17, 15) is 4.79 Å². The van der Waals surface area contributed by atoms with E-state index in [1.807, 2.05) is 27.7 Å². The van der Waals surface area contributed by atoms with Gasteiger partial charge in [0.05, 0.1) is 6.54 Å². The number of rotatable bonds is 3. The molecule has 0 unspecified atom stereocenters. The number of nitrogens with zero attached hydrogens (tertiary/aromatic N) is 2. The van der Waals surface area contributed by atoms with Crippen molar-refractivity contribution in [3.05, 3.63) is 11.7 Å². The maximum absolute atomic E-state index is 12.2. The highest BCUT2D eigenvalue weighted by Crippen LogP contribution is 2.24. The summed E-state index contributed by atoms with van der Waals surface area (Å²) >= 11 is 0. The molecule has 0 bridgehead atoms. The van der Waals surface area contributed by atoms with Crippen LogP contribution in [-0.4, -0.2) is 28.3 Å². The zero-order valence-corrected chi connectivity index (χ0v) is 12.7. The standard InChI is InChI=1S/C14H23N3O3/c1-13(2,3)11-16-10(20-17-11)9-15-12(18)14(4)7-5-6-8-19-14/h5-9H2,1-4H3,(H,15,18)/t14-/m0/s1. The lowest BCUT2D eigenvalue weighted by Gasteiger charge is -2.32. The van der Waals surface area contributed by atoms with Crippen molar-refractivity contribution in [2.24, 2.45) is 0 Å². The number of hydrogen-bond donors (Lipinski definition) is 1. The quantitative estimate of drug-likeness (QED) is 0.916. The van der Waals surface area contributed by atoms with Gasteiger partial charge in [0, 0.05) is 12.0 Å². The van der Waals surface area contributed by atoms with Gasteiger partial charge in [0.25, 0.3) is 5.91 Å². The Morgan fingerprint density at radius 1 is 1.40 bits per heavy atom. The van der Waals surface area contributed by atoms with Crippen LogP contribution in [0.2, 0.25) is 0 Å². The van der Waals surface area contributed by atoms with Gasteiger partial charge in [-0.25, -0.2) is 0 Å². The number of aromatic nitrogens is 2. The molecule has 1 amide bonds. The van der Waals surface area contributed by atoms with Gasteiger partial charge in [-0.1, -0.05) is 25.9 Å². The summed E-state index contributed by atoms with van der Waals surface area (Å²) in [7, 11) is 0. The van der Waals surface area contributed by atoms with Crippen molar-refractivity contribution in [1.82, 2.24) is 15.5 Å². The fraction of sp³-hybridized carbons (Fsp3) is 0.786. The average Bonchev–Trinajstić information content (AvgIpc) is 2.85. The second-order valence-electron chi connectivity index (χ2n) is 6.48. The molecule has 2 rings (SSSR count). The lowest BCUT2D eigenvalue weighted by atomic mass is 9.95. The Bertz CT molecular complexity index is 470. The highest BCUT2D eigenvalue weighted by molar-refractivity contribution is 5.84. The van der Waals surface area contributed by atoms with Gasteiger partial charge in [-0.3, -0.25) is 4.79 Å². The fourth-order valence-electron chi connectivity index (χ4n) is 2.09. The predicted octanol–water partition coefficient (Wildman–Crippen LogP) is 1.94. The number of nitrogens with one attached hydrogen (secondary N) is 1. The number of ether oxygens (including phenoxy) is 1. The van der Waals surface area contributed by atoms with E-state index < -0.39 is 5.60 Å². The molecule has 0 radical (unpaired) electrons. The van der Waals surface area contributed by atoms with E-state index in [1.165, 1.54) is 0 Å². The van der Waals surface area contributed by atoms with E-state index >= 15 is 0 Å². The molecule has 112 valence electrons. The second-order valence-corrected chi connectivity index (χ2v) is 6.48. The Morgan fingerprint density at radius 2 is 2.15 bits per heavy atom. The molecule has 1 aliphatic heterocycles. The highest BCUT2D eigenvalue weighted by atomic mass is 16.5. The third-order valence-electron chi connectivity index (χ3n) is 3.49. The molecule has 0 saturated carbocycles. The maximum Gasteiger partial charge on any atom is 0.252 e. The Labute approximate surface area is 119 Å². The van der Waals surface area contributed by atoms with Crippen LogP contribution >= 0.6 is 0 Å². The first-order valence-electron chi connectivity index (χ1n) is 7.07. The molecule has 1 N–H and O–H groups in total. The summed E-state index contributed by atoms with van der Waals surface area (Å²) in [6.07, 6.45) is 2.77. The van der Waals surface area contributed by atoms with Gasteiger partial charge in [-0.15, -0.1) is 0 Å². The third-order valence-corrected chi connectivity index (χ3v) is 3.49. The number of hydrogen-bond acceptors (Lipinski definition) is 5. The minimum Gasteiger partial charge on any atom is -0.365 e. The molecule has 0 aromatic carbocycles. The SMILES string of the molecule is CC(C)(C)c1noc(CNC(=O)[C@]2(C)CCCCO2)n1. The molecular weight excluding hydrogens is 258 g/mol. The lowest BCUT2D eigenvalue weighted by molar-refractivity contribution is -0.150. The van der Waals surface area contributed by atoms with Crippen molar-refractivity contribution in [1.29, 1.82) is 0 Å². The number of carbonyl (C=O) groups is 1. The molecule has 0 aliphatic carbocycles. The zero-order valence-electron chi connectivity index (χ0n) is 12.7. The molecule has 1 aromatic heterocycles. The molecule has 1 saturated heterocycles. The maximum atomic E-state index is 12.2. The Morgan fingerprint density at radius 3 is 2.70 bits per heavy atom. The van der Waals surface area contributed by atoms with Crippen LogP contribution in [0.1, 0.15) is 58.7 Å². The molecule has 1 aliphatic rings. The molecule has 1 aromatic rings. The lowest BCUT2D eigenvalue weighted by Crippen LogP contribution is -2.48. The molecule has 1 atom stereocenters. The summed E-state index contributed by atoms with van der Waals surface area (Å²) < 4.78 is 10.7. The molecule has 2 heterocycles. The fourth-order valence-corrected chi connectivity index (χ4v) is 2.09. The third kappa shape index (κ3) is 3.36. The Balaban J connectivity index is 1.91. The van der Waals surface area contributed by atoms with Gasteiger partial charge < -0.3 is 14.6 Å². The topological polar surface area (TPSA) is 77.2 Å². The summed E-state index contributed by atoms with van der Waals surface area (Å²) in [5.41, 5.74) is -0.894. The van der Waals surface area contributed by atoms with Crippen LogP contribution < -0.4 is 5.32 Å². The second kappa shape index (κ2) is 5.52. The first-order valence-corrected chi connectivity index (χ1v) is 7.07. The zero-order chi connectivity index (χ0) is 14.8. The monoisotopic (exact) mass is 281 g/mol. The number of carbonyl (C=O) groups excluding carboxylic acids is 1. The van der Waals surface area contributed by atoms with E-state index in [1.54, 1.807) is 0 Å². The van der Waals surface area contributed by atoms with Gasteiger partial charge in [0.1, 0.15) is 5.60 Å². The van der Waals surface area contributed by atoms with Crippen molar-refractivity contribution in [3.63, 3.8) is 0 Å². The minimum absolute atomic E-state index is 0.118. The van der Waals surface area contributed by atoms with Crippen molar-refractivity contribution < 1.29 is 14.1 Å². The smallest absolute Gasteiger partial charge is 0.252 e. The van der Waals surface area contributed by atoms with E-state index in [0.29, 0.717) is 18.3 Å². The van der Waals surface area contributed by atoms with Crippen molar-refractivity contribution in [2.75, 3.05) is 6.61 Å². The van der Waals surface area contributed by atoms with Crippen LogP contribution in [0.25, 0.3) is 0 Å². The van der Waals surface area contributed by atoms with Crippen molar-refractivity contribution in [3.8, 4) is 0 Å². The Kier molecular flexibility index (Phi) is 4.13. The van der Waals surface area contributed by atoms with Crippen molar-refractivity contribution in [2.45, 2.75) is 64.5 Å².